The molecular formula is C16H24N2O4S. The fraction of sp³-hybridized carbons (Fsp3) is 0.562. The largest absolute Gasteiger partial charge is 0.381 e. The van der Waals surface area contributed by atoms with E-state index < -0.39 is 10.0 Å². The van der Waals surface area contributed by atoms with Crippen molar-refractivity contribution in [1.29, 1.82) is 0 Å². The molecule has 1 heterocycles. The molecule has 0 bridgehead atoms. The number of hydrogen-bond donors (Lipinski definition) is 1. The number of ether oxygens (including phenoxy) is 1. The average Bonchev–Trinajstić information content (AvgIpc) is 2.52. The Kier molecular flexibility index (Phi) is 5.44. The quantitative estimate of drug-likeness (QED) is 0.908. The maximum atomic E-state index is 12.4. The van der Waals surface area contributed by atoms with Crippen molar-refractivity contribution in [3.05, 3.63) is 23.3 Å². The van der Waals surface area contributed by atoms with Gasteiger partial charge in [-0.1, -0.05) is 0 Å². The molecule has 23 heavy (non-hydrogen) atoms. The van der Waals surface area contributed by atoms with E-state index in [2.05, 4.69) is 5.32 Å². The monoisotopic (exact) mass is 340 g/mol. The Morgan fingerprint density at radius 3 is 2.39 bits per heavy atom. The number of nitrogens with one attached hydrogen (secondary N) is 1. The molecule has 0 aromatic heterocycles. The Hall–Kier alpha value is -1.44. The van der Waals surface area contributed by atoms with E-state index in [-0.39, 0.29) is 16.7 Å². The maximum Gasteiger partial charge on any atom is 0.242 e. The van der Waals surface area contributed by atoms with Crippen molar-refractivity contribution in [2.45, 2.75) is 31.6 Å². The SMILES string of the molecule is Cc1cc(S(=O)(=O)N(C)C)cc(NC(=O)C2CCOCC2)c1C. The third-order valence-electron chi connectivity index (χ3n) is 4.27. The van der Waals surface area contributed by atoms with E-state index in [1.165, 1.54) is 24.5 Å². The molecular weight excluding hydrogens is 316 g/mol. The summed E-state index contributed by atoms with van der Waals surface area (Å²) in [7, 11) is -0.556. The molecule has 0 atom stereocenters. The van der Waals surface area contributed by atoms with Crippen LogP contribution in [0.4, 0.5) is 5.69 Å². The Morgan fingerprint density at radius 1 is 1.22 bits per heavy atom. The number of amides is 1. The molecule has 1 amide bonds. The molecule has 7 heteroatoms. The van der Waals surface area contributed by atoms with Gasteiger partial charge in [-0.2, -0.15) is 0 Å². The second kappa shape index (κ2) is 6.98. The first kappa shape index (κ1) is 17.9. The summed E-state index contributed by atoms with van der Waals surface area (Å²) in [5, 5.41) is 2.89. The Bertz CT molecular complexity index is 692. The molecule has 0 unspecified atom stereocenters. The summed E-state index contributed by atoms with van der Waals surface area (Å²) in [6.07, 6.45) is 1.39. The molecule has 2 rings (SSSR count). The van der Waals surface area contributed by atoms with Crippen molar-refractivity contribution in [3.63, 3.8) is 0 Å². The molecule has 0 saturated carbocycles. The van der Waals surface area contributed by atoms with Crippen LogP contribution in [0.5, 0.6) is 0 Å². The smallest absolute Gasteiger partial charge is 0.242 e. The number of carbonyl (C=O) groups is 1. The second-order valence-electron chi connectivity index (χ2n) is 6.08. The minimum Gasteiger partial charge on any atom is -0.381 e. The predicted octanol–water partition coefficient (Wildman–Crippen LogP) is 1.92. The third kappa shape index (κ3) is 3.91. The molecule has 0 aliphatic carbocycles. The minimum absolute atomic E-state index is 0.0739. The van der Waals surface area contributed by atoms with Gasteiger partial charge < -0.3 is 10.1 Å². The van der Waals surface area contributed by atoms with Crippen molar-refractivity contribution in [1.82, 2.24) is 4.31 Å². The molecule has 1 aromatic carbocycles. The van der Waals surface area contributed by atoms with Crippen molar-refractivity contribution >= 4 is 21.6 Å². The molecule has 1 saturated heterocycles. The van der Waals surface area contributed by atoms with Crippen LogP contribution >= 0.6 is 0 Å². The van der Waals surface area contributed by atoms with E-state index in [9.17, 15) is 13.2 Å². The number of sulfonamides is 1. The topological polar surface area (TPSA) is 75.7 Å². The summed E-state index contributed by atoms with van der Waals surface area (Å²) < 4.78 is 31.1. The Morgan fingerprint density at radius 2 is 1.83 bits per heavy atom. The number of aryl methyl sites for hydroxylation is 1. The van der Waals surface area contributed by atoms with Gasteiger partial charge in [0.05, 0.1) is 4.90 Å². The third-order valence-corrected chi connectivity index (χ3v) is 6.06. The van der Waals surface area contributed by atoms with Crippen LogP contribution in [-0.2, 0) is 19.6 Å². The minimum atomic E-state index is -3.54. The first-order valence-corrected chi connectivity index (χ1v) is 9.10. The maximum absolute atomic E-state index is 12.4. The van der Waals surface area contributed by atoms with Gasteiger partial charge in [-0.15, -0.1) is 0 Å². The van der Waals surface area contributed by atoms with Gasteiger partial charge in [0.2, 0.25) is 15.9 Å². The highest BCUT2D eigenvalue weighted by Gasteiger charge is 2.24. The molecule has 0 radical (unpaired) electrons. The summed E-state index contributed by atoms with van der Waals surface area (Å²) >= 11 is 0. The summed E-state index contributed by atoms with van der Waals surface area (Å²) in [6.45, 7) is 4.89. The summed E-state index contributed by atoms with van der Waals surface area (Å²) in [5.74, 6) is -0.159. The predicted molar refractivity (Wildman–Crippen MR) is 89.0 cm³/mol. The molecule has 1 fully saturated rings. The van der Waals surface area contributed by atoms with Gasteiger partial charge in [0.25, 0.3) is 0 Å². The zero-order chi connectivity index (χ0) is 17.2. The molecule has 1 aliphatic heterocycles. The average molecular weight is 340 g/mol. The van der Waals surface area contributed by atoms with Crippen molar-refractivity contribution in [2.24, 2.45) is 5.92 Å². The number of benzene rings is 1. The van der Waals surface area contributed by atoms with Crippen LogP contribution in [0.3, 0.4) is 0 Å². The first-order valence-electron chi connectivity index (χ1n) is 7.66. The molecule has 1 N–H and O–H groups in total. The van der Waals surface area contributed by atoms with E-state index in [4.69, 9.17) is 4.74 Å². The standard InChI is InChI=1S/C16H24N2O4S/c1-11-9-14(23(20,21)18(3)4)10-15(12(11)2)17-16(19)13-5-7-22-8-6-13/h9-10,13H,5-8H2,1-4H3,(H,17,19). The van der Waals surface area contributed by atoms with Gasteiger partial charge in [-0.25, -0.2) is 12.7 Å². The van der Waals surface area contributed by atoms with Crippen molar-refractivity contribution in [2.75, 3.05) is 32.6 Å². The second-order valence-corrected chi connectivity index (χ2v) is 8.23. The zero-order valence-electron chi connectivity index (χ0n) is 14.0. The van der Waals surface area contributed by atoms with Crippen LogP contribution in [-0.4, -0.2) is 45.9 Å². The molecule has 6 nitrogen and oxygen atoms in total. The van der Waals surface area contributed by atoms with Crippen LogP contribution in [0.2, 0.25) is 0 Å². The summed E-state index contributed by atoms with van der Waals surface area (Å²) in [5.41, 5.74) is 2.26. The molecule has 1 aromatic rings. The lowest BCUT2D eigenvalue weighted by Gasteiger charge is -2.22. The van der Waals surface area contributed by atoms with E-state index in [1.54, 1.807) is 6.07 Å². The van der Waals surface area contributed by atoms with Crippen LogP contribution in [0, 0.1) is 19.8 Å². The van der Waals surface area contributed by atoms with Gasteiger partial charge in [0, 0.05) is 38.9 Å². The van der Waals surface area contributed by atoms with Crippen LogP contribution < -0.4 is 5.32 Å². The van der Waals surface area contributed by atoms with Gasteiger partial charge in [0.15, 0.2) is 0 Å². The number of rotatable bonds is 4. The molecule has 0 spiro atoms. The lowest BCUT2D eigenvalue weighted by molar-refractivity contribution is -0.122. The van der Waals surface area contributed by atoms with Gasteiger partial charge in [-0.05, 0) is 49.9 Å². The summed E-state index contributed by atoms with van der Waals surface area (Å²) in [4.78, 5) is 12.6. The number of anilines is 1. The highest BCUT2D eigenvalue weighted by Crippen LogP contribution is 2.27. The van der Waals surface area contributed by atoms with Crippen molar-refractivity contribution < 1.29 is 17.9 Å². The van der Waals surface area contributed by atoms with E-state index in [0.717, 1.165) is 11.1 Å². The van der Waals surface area contributed by atoms with E-state index >= 15 is 0 Å². The highest BCUT2D eigenvalue weighted by atomic mass is 32.2. The van der Waals surface area contributed by atoms with E-state index in [1.807, 2.05) is 13.8 Å². The van der Waals surface area contributed by atoms with Gasteiger partial charge in [0.1, 0.15) is 0 Å². The normalized spacial score (nSPS) is 16.6. The Balaban J connectivity index is 2.31. The number of hydrogen-bond acceptors (Lipinski definition) is 4. The van der Waals surface area contributed by atoms with E-state index in [0.29, 0.717) is 31.7 Å². The van der Waals surface area contributed by atoms with Crippen molar-refractivity contribution in [3.8, 4) is 0 Å². The molecule has 128 valence electrons. The van der Waals surface area contributed by atoms with Crippen LogP contribution in [0.1, 0.15) is 24.0 Å². The van der Waals surface area contributed by atoms with Gasteiger partial charge >= 0.3 is 0 Å². The lowest BCUT2D eigenvalue weighted by atomic mass is 9.99. The first-order chi connectivity index (χ1) is 10.7. The van der Waals surface area contributed by atoms with Crippen LogP contribution in [0.25, 0.3) is 0 Å². The fourth-order valence-corrected chi connectivity index (χ4v) is 3.52. The zero-order valence-corrected chi connectivity index (χ0v) is 14.9. The highest BCUT2D eigenvalue weighted by molar-refractivity contribution is 7.89. The molecule has 1 aliphatic rings. The lowest BCUT2D eigenvalue weighted by Crippen LogP contribution is -2.29. The Labute approximate surface area is 137 Å². The van der Waals surface area contributed by atoms with Gasteiger partial charge in [-0.3, -0.25) is 4.79 Å². The van der Waals surface area contributed by atoms with Crippen LogP contribution in [0.15, 0.2) is 17.0 Å². The number of nitrogens with zero attached hydrogens (tertiary/aromatic N) is 1. The number of carbonyl (C=O) groups excluding carboxylic acids is 1. The fourth-order valence-electron chi connectivity index (χ4n) is 2.51. The summed E-state index contributed by atoms with van der Waals surface area (Å²) in [6, 6.07) is 3.17.